The summed E-state index contributed by atoms with van der Waals surface area (Å²) in [6.45, 7) is 1.80. The topological polar surface area (TPSA) is 64.4 Å². The van der Waals surface area contributed by atoms with Gasteiger partial charge in [0.05, 0.1) is 13.2 Å². The summed E-state index contributed by atoms with van der Waals surface area (Å²) in [6.07, 6.45) is 0. The van der Waals surface area contributed by atoms with Gasteiger partial charge in [-0.3, -0.25) is 4.79 Å². The van der Waals surface area contributed by atoms with Gasteiger partial charge in [0.2, 0.25) is 5.91 Å². The van der Waals surface area contributed by atoms with E-state index in [1.807, 2.05) is 0 Å². The number of ether oxygens (including phenoxy) is 1. The van der Waals surface area contributed by atoms with Crippen LogP contribution in [-0.4, -0.2) is 31.7 Å². The fourth-order valence-electron chi connectivity index (χ4n) is 0.748. The molecule has 1 rings (SSSR count). The molecule has 1 amide bonds. The molecule has 52 valence electrons. The van der Waals surface area contributed by atoms with Crippen LogP contribution in [0.5, 0.6) is 0 Å². The number of nitrogens with two attached hydrogens (primary N) is 1. The summed E-state index contributed by atoms with van der Waals surface area (Å²) in [5.41, 5.74) is 4.99. The number of nitrogens with one attached hydrogen (secondary N) is 1. The van der Waals surface area contributed by atoms with Crippen molar-refractivity contribution in [1.29, 1.82) is 0 Å². The lowest BCUT2D eigenvalue weighted by Crippen LogP contribution is -2.49. The van der Waals surface area contributed by atoms with Crippen molar-refractivity contribution in [2.24, 2.45) is 5.73 Å². The van der Waals surface area contributed by atoms with Crippen LogP contribution in [0.4, 0.5) is 0 Å². The highest BCUT2D eigenvalue weighted by molar-refractivity contribution is 5.80. The fourth-order valence-corrected chi connectivity index (χ4v) is 0.748. The number of morpholine rings is 1. The zero-order valence-corrected chi connectivity index (χ0v) is 5.09. The van der Waals surface area contributed by atoms with Crippen LogP contribution in [0, 0.1) is 0 Å². The Labute approximate surface area is 53.4 Å². The molecule has 0 saturated carbocycles. The molecule has 0 aromatic carbocycles. The van der Waals surface area contributed by atoms with E-state index in [2.05, 4.69) is 5.32 Å². The molecule has 0 aromatic rings. The van der Waals surface area contributed by atoms with Gasteiger partial charge in [-0.2, -0.15) is 0 Å². The van der Waals surface area contributed by atoms with E-state index in [4.69, 9.17) is 10.5 Å². The van der Waals surface area contributed by atoms with E-state index in [1.54, 1.807) is 0 Å². The first kappa shape index (κ1) is 6.51. The third-order valence-corrected chi connectivity index (χ3v) is 1.27. The van der Waals surface area contributed by atoms with Gasteiger partial charge < -0.3 is 15.8 Å². The molecule has 1 fully saturated rings. The molecule has 0 aliphatic carbocycles. The monoisotopic (exact) mass is 130 g/mol. The SMILES string of the molecule is NC(=O)[C@H]1COCCN1. The van der Waals surface area contributed by atoms with Gasteiger partial charge >= 0.3 is 0 Å². The summed E-state index contributed by atoms with van der Waals surface area (Å²) in [4.78, 5) is 10.4. The molecule has 0 radical (unpaired) electrons. The Balaban J connectivity index is 2.31. The molecule has 4 heteroatoms. The third-order valence-electron chi connectivity index (χ3n) is 1.27. The smallest absolute Gasteiger partial charge is 0.236 e. The van der Waals surface area contributed by atoms with Crippen LogP contribution in [-0.2, 0) is 9.53 Å². The van der Waals surface area contributed by atoms with E-state index in [0.717, 1.165) is 0 Å². The fraction of sp³-hybridized carbons (Fsp3) is 0.800. The normalized spacial score (nSPS) is 27.8. The van der Waals surface area contributed by atoms with Crippen LogP contribution in [0.2, 0.25) is 0 Å². The van der Waals surface area contributed by atoms with Crippen LogP contribution in [0.1, 0.15) is 0 Å². The lowest BCUT2D eigenvalue weighted by atomic mass is 10.3. The Kier molecular flexibility index (Phi) is 2.02. The first-order valence-electron chi connectivity index (χ1n) is 2.91. The summed E-state index contributed by atoms with van der Waals surface area (Å²) in [6, 6.07) is -0.279. The number of hydrogen-bond donors (Lipinski definition) is 2. The van der Waals surface area contributed by atoms with Crippen LogP contribution >= 0.6 is 0 Å². The number of rotatable bonds is 1. The standard InChI is InChI=1S/C5H10N2O2/c6-5(8)4-3-9-2-1-7-4/h4,7H,1-3H2,(H2,6,8)/t4-/m1/s1. The third kappa shape index (κ3) is 1.65. The zero-order valence-electron chi connectivity index (χ0n) is 5.09. The highest BCUT2D eigenvalue weighted by Crippen LogP contribution is 1.89. The molecule has 1 saturated heterocycles. The second-order valence-electron chi connectivity index (χ2n) is 1.98. The second-order valence-corrected chi connectivity index (χ2v) is 1.98. The number of hydrogen-bond acceptors (Lipinski definition) is 3. The minimum absolute atomic E-state index is 0.279. The summed E-state index contributed by atoms with van der Waals surface area (Å²) in [5.74, 6) is -0.338. The Bertz CT molecular complexity index is 110. The second kappa shape index (κ2) is 2.80. The lowest BCUT2D eigenvalue weighted by Gasteiger charge is -2.20. The maximum absolute atomic E-state index is 10.4. The molecule has 1 heterocycles. The highest BCUT2D eigenvalue weighted by atomic mass is 16.5. The molecular weight excluding hydrogens is 120 g/mol. The summed E-state index contributed by atoms with van der Waals surface area (Å²) in [5, 5.41) is 2.92. The zero-order chi connectivity index (χ0) is 6.69. The molecule has 0 aromatic heterocycles. The van der Waals surface area contributed by atoms with Crippen molar-refractivity contribution in [2.75, 3.05) is 19.8 Å². The van der Waals surface area contributed by atoms with Gasteiger partial charge in [0.25, 0.3) is 0 Å². The van der Waals surface area contributed by atoms with Gasteiger partial charge in [-0.15, -0.1) is 0 Å². The maximum atomic E-state index is 10.4. The van der Waals surface area contributed by atoms with E-state index >= 15 is 0 Å². The van der Waals surface area contributed by atoms with Crippen molar-refractivity contribution in [1.82, 2.24) is 5.32 Å². The quantitative estimate of drug-likeness (QED) is 0.452. The van der Waals surface area contributed by atoms with E-state index < -0.39 is 0 Å². The Morgan fingerprint density at radius 2 is 2.56 bits per heavy atom. The Morgan fingerprint density at radius 1 is 1.78 bits per heavy atom. The van der Waals surface area contributed by atoms with Crippen molar-refractivity contribution < 1.29 is 9.53 Å². The summed E-state index contributed by atoms with van der Waals surface area (Å²) < 4.78 is 4.98. The van der Waals surface area contributed by atoms with Crippen LogP contribution in [0.3, 0.4) is 0 Å². The number of carbonyl (C=O) groups is 1. The maximum Gasteiger partial charge on any atom is 0.236 e. The molecule has 4 nitrogen and oxygen atoms in total. The minimum atomic E-state index is -0.338. The molecular formula is C5H10N2O2. The van der Waals surface area contributed by atoms with E-state index in [9.17, 15) is 4.79 Å². The van der Waals surface area contributed by atoms with Crippen molar-refractivity contribution >= 4 is 5.91 Å². The van der Waals surface area contributed by atoms with Gasteiger partial charge in [-0.25, -0.2) is 0 Å². The molecule has 1 aliphatic heterocycles. The predicted molar refractivity (Wildman–Crippen MR) is 31.8 cm³/mol. The average molecular weight is 130 g/mol. The van der Waals surface area contributed by atoms with E-state index in [-0.39, 0.29) is 11.9 Å². The largest absolute Gasteiger partial charge is 0.378 e. The highest BCUT2D eigenvalue weighted by Gasteiger charge is 2.17. The average Bonchev–Trinajstić information content (AvgIpc) is 1.90. The molecule has 0 unspecified atom stereocenters. The first-order chi connectivity index (χ1) is 4.30. The minimum Gasteiger partial charge on any atom is -0.378 e. The molecule has 1 aliphatic rings. The van der Waals surface area contributed by atoms with Crippen molar-refractivity contribution in [3.8, 4) is 0 Å². The Hall–Kier alpha value is -0.610. The molecule has 3 N–H and O–H groups in total. The number of primary amides is 1. The van der Waals surface area contributed by atoms with Crippen LogP contribution in [0.25, 0.3) is 0 Å². The summed E-state index contributed by atoms with van der Waals surface area (Å²) in [7, 11) is 0. The van der Waals surface area contributed by atoms with Gasteiger partial charge in [0, 0.05) is 6.54 Å². The Morgan fingerprint density at radius 3 is 2.89 bits per heavy atom. The number of carbonyl (C=O) groups excluding carboxylic acids is 1. The molecule has 0 spiro atoms. The number of amides is 1. The molecule has 9 heavy (non-hydrogen) atoms. The van der Waals surface area contributed by atoms with Gasteiger partial charge in [0.1, 0.15) is 6.04 Å². The van der Waals surface area contributed by atoms with Crippen LogP contribution in [0.15, 0.2) is 0 Å². The lowest BCUT2D eigenvalue weighted by molar-refractivity contribution is -0.122. The first-order valence-corrected chi connectivity index (χ1v) is 2.91. The molecule has 0 bridgehead atoms. The van der Waals surface area contributed by atoms with E-state index in [1.165, 1.54) is 0 Å². The van der Waals surface area contributed by atoms with Crippen LogP contribution < -0.4 is 11.1 Å². The predicted octanol–water partition coefficient (Wildman–Crippen LogP) is -1.54. The van der Waals surface area contributed by atoms with Gasteiger partial charge in [-0.1, -0.05) is 0 Å². The van der Waals surface area contributed by atoms with Gasteiger partial charge in [-0.05, 0) is 0 Å². The van der Waals surface area contributed by atoms with Crippen molar-refractivity contribution in [2.45, 2.75) is 6.04 Å². The van der Waals surface area contributed by atoms with Crippen molar-refractivity contribution in [3.05, 3.63) is 0 Å². The molecule has 1 atom stereocenters. The van der Waals surface area contributed by atoms with Gasteiger partial charge in [0.15, 0.2) is 0 Å². The van der Waals surface area contributed by atoms with Crippen molar-refractivity contribution in [3.63, 3.8) is 0 Å². The van der Waals surface area contributed by atoms with E-state index in [0.29, 0.717) is 19.8 Å². The summed E-state index contributed by atoms with van der Waals surface area (Å²) >= 11 is 0.